The van der Waals surface area contributed by atoms with Gasteiger partial charge >= 0.3 is 5.51 Å². The summed E-state index contributed by atoms with van der Waals surface area (Å²) in [7, 11) is 0. The van der Waals surface area contributed by atoms with Crippen molar-refractivity contribution in [1.29, 1.82) is 0 Å². The molecule has 0 aliphatic carbocycles. The highest BCUT2D eigenvalue weighted by atomic mass is 32.2. The van der Waals surface area contributed by atoms with Gasteiger partial charge in [0, 0.05) is 24.8 Å². The molecule has 0 saturated heterocycles. The Morgan fingerprint density at radius 3 is 2.72 bits per heavy atom. The molecule has 0 amide bonds. The SMILES string of the molecule is CCCc1nc(N)cc(NCCSC(F)(F)F)n1. The zero-order chi connectivity index (χ0) is 13.6. The van der Waals surface area contributed by atoms with Crippen LogP contribution in [0.1, 0.15) is 19.2 Å². The van der Waals surface area contributed by atoms with Gasteiger partial charge in [-0.2, -0.15) is 13.2 Å². The highest BCUT2D eigenvalue weighted by molar-refractivity contribution is 8.00. The summed E-state index contributed by atoms with van der Waals surface area (Å²) in [5.74, 6) is 1.31. The van der Waals surface area contributed by atoms with Gasteiger partial charge in [-0.1, -0.05) is 6.92 Å². The predicted octanol–water partition coefficient (Wildman–Crippen LogP) is 2.68. The van der Waals surface area contributed by atoms with Gasteiger partial charge in [0.25, 0.3) is 0 Å². The van der Waals surface area contributed by atoms with E-state index in [1.807, 2.05) is 6.92 Å². The monoisotopic (exact) mass is 280 g/mol. The van der Waals surface area contributed by atoms with E-state index in [1.165, 1.54) is 6.07 Å². The van der Waals surface area contributed by atoms with E-state index in [9.17, 15) is 13.2 Å². The molecule has 1 heterocycles. The number of halogens is 3. The van der Waals surface area contributed by atoms with Crippen LogP contribution in [0.4, 0.5) is 24.8 Å². The number of nitrogens with one attached hydrogen (secondary N) is 1. The van der Waals surface area contributed by atoms with Crippen molar-refractivity contribution in [2.24, 2.45) is 0 Å². The molecule has 1 aromatic heterocycles. The van der Waals surface area contributed by atoms with Crippen LogP contribution in [-0.4, -0.2) is 27.8 Å². The first-order chi connectivity index (χ1) is 8.40. The Morgan fingerprint density at radius 2 is 2.11 bits per heavy atom. The maximum Gasteiger partial charge on any atom is 0.441 e. The van der Waals surface area contributed by atoms with Crippen molar-refractivity contribution in [3.63, 3.8) is 0 Å². The number of thioether (sulfide) groups is 1. The average molecular weight is 280 g/mol. The number of nitrogen functional groups attached to an aromatic ring is 1. The van der Waals surface area contributed by atoms with Crippen molar-refractivity contribution in [2.45, 2.75) is 25.3 Å². The second-order valence-corrected chi connectivity index (χ2v) is 4.73. The van der Waals surface area contributed by atoms with Gasteiger partial charge in [0.05, 0.1) is 0 Å². The van der Waals surface area contributed by atoms with E-state index in [1.54, 1.807) is 0 Å². The molecule has 0 aromatic carbocycles. The largest absolute Gasteiger partial charge is 0.441 e. The third kappa shape index (κ3) is 5.95. The van der Waals surface area contributed by atoms with Crippen molar-refractivity contribution in [1.82, 2.24) is 9.97 Å². The third-order valence-electron chi connectivity index (χ3n) is 1.94. The van der Waals surface area contributed by atoms with Crippen LogP contribution in [0.15, 0.2) is 6.07 Å². The van der Waals surface area contributed by atoms with Gasteiger partial charge in [0.1, 0.15) is 17.5 Å². The molecule has 0 saturated carbocycles. The van der Waals surface area contributed by atoms with Crippen molar-refractivity contribution >= 4 is 23.4 Å². The molecule has 0 radical (unpaired) electrons. The van der Waals surface area contributed by atoms with Gasteiger partial charge in [0.15, 0.2) is 0 Å². The minimum atomic E-state index is -4.19. The number of nitrogens with two attached hydrogens (primary N) is 1. The number of rotatable bonds is 6. The summed E-state index contributed by atoms with van der Waals surface area (Å²) in [5, 5.41) is 2.80. The maximum atomic E-state index is 11.9. The van der Waals surface area contributed by atoms with Crippen LogP contribution in [0.3, 0.4) is 0 Å². The molecule has 0 fully saturated rings. The van der Waals surface area contributed by atoms with E-state index in [2.05, 4.69) is 15.3 Å². The smallest absolute Gasteiger partial charge is 0.384 e. The molecule has 18 heavy (non-hydrogen) atoms. The number of alkyl halides is 3. The lowest BCUT2D eigenvalue weighted by Crippen LogP contribution is -2.11. The summed E-state index contributed by atoms with van der Waals surface area (Å²) in [6.45, 7) is 2.16. The Balaban J connectivity index is 2.46. The second kappa shape index (κ2) is 6.67. The summed E-state index contributed by atoms with van der Waals surface area (Å²) in [6, 6.07) is 1.51. The quantitative estimate of drug-likeness (QED) is 0.784. The van der Waals surface area contributed by atoms with Gasteiger partial charge in [-0.25, -0.2) is 9.97 Å². The summed E-state index contributed by atoms with van der Waals surface area (Å²) in [5.41, 5.74) is 1.39. The molecule has 0 atom stereocenters. The van der Waals surface area contributed by atoms with Gasteiger partial charge in [0.2, 0.25) is 0 Å². The lowest BCUT2D eigenvalue weighted by Gasteiger charge is -2.09. The molecule has 1 aromatic rings. The predicted molar refractivity (Wildman–Crippen MR) is 67.4 cm³/mol. The van der Waals surface area contributed by atoms with Crippen LogP contribution in [0.25, 0.3) is 0 Å². The standard InChI is InChI=1S/C10H15F3N4S/c1-2-3-8-16-7(14)6-9(17-8)15-4-5-18-10(11,12)13/h6H,2-5H2,1H3,(H3,14,15,16,17). The van der Waals surface area contributed by atoms with E-state index < -0.39 is 5.51 Å². The minimum absolute atomic E-state index is 0.0657. The fourth-order valence-corrected chi connectivity index (χ4v) is 1.73. The fourth-order valence-electron chi connectivity index (χ4n) is 1.29. The lowest BCUT2D eigenvalue weighted by molar-refractivity contribution is -0.0327. The van der Waals surface area contributed by atoms with E-state index in [-0.39, 0.29) is 24.1 Å². The Labute approximate surface area is 108 Å². The number of hydrogen-bond donors (Lipinski definition) is 2. The van der Waals surface area contributed by atoms with Crippen LogP contribution in [0, 0.1) is 0 Å². The molecule has 1 rings (SSSR count). The molecule has 8 heteroatoms. The van der Waals surface area contributed by atoms with Gasteiger partial charge in [-0.15, -0.1) is 0 Å². The molecule has 3 N–H and O–H groups in total. The lowest BCUT2D eigenvalue weighted by atomic mass is 10.3. The number of aryl methyl sites for hydroxylation is 1. The van der Waals surface area contributed by atoms with E-state index in [4.69, 9.17) is 5.73 Å². The zero-order valence-electron chi connectivity index (χ0n) is 9.92. The summed E-state index contributed by atoms with van der Waals surface area (Å²) in [4.78, 5) is 8.20. The van der Waals surface area contributed by atoms with Crippen LogP contribution < -0.4 is 11.1 Å². The van der Waals surface area contributed by atoms with Gasteiger partial charge in [-0.3, -0.25) is 0 Å². The van der Waals surface area contributed by atoms with Crippen molar-refractivity contribution in [3.05, 3.63) is 11.9 Å². The normalized spacial score (nSPS) is 11.6. The highest BCUT2D eigenvalue weighted by Gasteiger charge is 2.27. The second-order valence-electron chi connectivity index (χ2n) is 3.57. The minimum Gasteiger partial charge on any atom is -0.384 e. The van der Waals surface area contributed by atoms with Crippen LogP contribution >= 0.6 is 11.8 Å². The Kier molecular flexibility index (Phi) is 5.52. The van der Waals surface area contributed by atoms with E-state index >= 15 is 0 Å². The van der Waals surface area contributed by atoms with E-state index in [0.717, 1.165) is 6.42 Å². The maximum absolute atomic E-state index is 11.9. The third-order valence-corrected chi connectivity index (χ3v) is 2.68. The molecule has 0 aliphatic heterocycles. The number of anilines is 2. The van der Waals surface area contributed by atoms with Crippen molar-refractivity contribution in [2.75, 3.05) is 23.3 Å². The number of aromatic nitrogens is 2. The summed E-state index contributed by atoms with van der Waals surface area (Å²) < 4.78 is 35.7. The molecular formula is C10H15F3N4S. The topological polar surface area (TPSA) is 63.8 Å². The van der Waals surface area contributed by atoms with Crippen LogP contribution in [-0.2, 0) is 6.42 Å². The van der Waals surface area contributed by atoms with Gasteiger partial charge in [-0.05, 0) is 18.2 Å². The number of nitrogens with zero attached hydrogens (tertiary/aromatic N) is 2. The molecule has 102 valence electrons. The van der Waals surface area contributed by atoms with Crippen LogP contribution in [0.5, 0.6) is 0 Å². The van der Waals surface area contributed by atoms with Crippen molar-refractivity contribution < 1.29 is 13.2 Å². The fraction of sp³-hybridized carbons (Fsp3) is 0.600. The van der Waals surface area contributed by atoms with Gasteiger partial charge < -0.3 is 11.1 Å². The zero-order valence-corrected chi connectivity index (χ0v) is 10.7. The highest BCUT2D eigenvalue weighted by Crippen LogP contribution is 2.29. The first kappa shape index (κ1) is 14.9. The Bertz CT molecular complexity index is 384. The molecular weight excluding hydrogens is 265 g/mol. The molecule has 0 unspecified atom stereocenters. The number of hydrogen-bond acceptors (Lipinski definition) is 5. The summed E-state index contributed by atoms with van der Waals surface area (Å²) in [6.07, 6.45) is 1.57. The van der Waals surface area contributed by atoms with E-state index in [0.29, 0.717) is 23.9 Å². The van der Waals surface area contributed by atoms with Crippen LogP contribution in [0.2, 0.25) is 0 Å². The molecule has 0 bridgehead atoms. The molecule has 4 nitrogen and oxygen atoms in total. The summed E-state index contributed by atoms with van der Waals surface area (Å²) >= 11 is -0.0657. The molecule has 0 spiro atoms. The molecule has 0 aliphatic rings. The first-order valence-electron chi connectivity index (χ1n) is 5.48. The Morgan fingerprint density at radius 1 is 1.39 bits per heavy atom. The van der Waals surface area contributed by atoms with Crippen molar-refractivity contribution in [3.8, 4) is 0 Å². The first-order valence-corrected chi connectivity index (χ1v) is 6.47. The average Bonchev–Trinajstić information content (AvgIpc) is 2.23. The Hall–Kier alpha value is -1.18.